The quantitative estimate of drug-likeness (QED) is 0.583. The molecule has 0 aliphatic rings. The number of imidazole rings is 1. The molecule has 0 bridgehead atoms. The number of carbonyl (C=O) groups excluding carboxylic acids is 2. The van der Waals surface area contributed by atoms with Gasteiger partial charge in [0.1, 0.15) is 6.04 Å². The zero-order valence-corrected chi connectivity index (χ0v) is 10.8. The molecule has 0 saturated heterocycles. The first-order valence-corrected chi connectivity index (χ1v) is 6.53. The number of aromatic amines is 1. The second-order valence-corrected chi connectivity index (χ2v) is 4.01. The van der Waals surface area contributed by atoms with Crippen LogP contribution in [0.25, 0.3) is 0 Å². The molecule has 100 valence electrons. The van der Waals surface area contributed by atoms with Crippen molar-refractivity contribution in [1.82, 2.24) is 15.3 Å². The molecule has 4 N–H and O–H groups in total. The molecule has 0 saturated carbocycles. The van der Waals surface area contributed by atoms with Crippen molar-refractivity contribution in [3.05, 3.63) is 18.2 Å². The Morgan fingerprint density at radius 1 is 1.67 bits per heavy atom. The summed E-state index contributed by atoms with van der Waals surface area (Å²) in [7, 11) is 0. The zero-order valence-electron chi connectivity index (χ0n) is 10.0. The van der Waals surface area contributed by atoms with Crippen LogP contribution in [0.1, 0.15) is 12.1 Å². The minimum atomic E-state index is -0.739. The SMILES string of the molecule is CSOC(=O)C(Cc1cnc[nH]1)NC(=O)CCN. The second-order valence-electron chi connectivity index (χ2n) is 3.51. The molecule has 1 rings (SSSR count). The lowest BCUT2D eigenvalue weighted by Gasteiger charge is -2.15. The van der Waals surface area contributed by atoms with Gasteiger partial charge in [-0.3, -0.25) is 4.79 Å². The number of nitrogens with one attached hydrogen (secondary N) is 2. The average molecular weight is 272 g/mol. The lowest BCUT2D eigenvalue weighted by molar-refractivity contribution is -0.138. The molecule has 1 aromatic heterocycles. The summed E-state index contributed by atoms with van der Waals surface area (Å²) in [5.41, 5.74) is 6.02. The van der Waals surface area contributed by atoms with Crippen molar-refractivity contribution in [1.29, 1.82) is 0 Å². The van der Waals surface area contributed by atoms with Crippen LogP contribution >= 0.6 is 12.0 Å². The largest absolute Gasteiger partial charge is 0.390 e. The third kappa shape index (κ3) is 4.76. The van der Waals surface area contributed by atoms with Gasteiger partial charge in [-0.15, -0.1) is 0 Å². The minimum absolute atomic E-state index is 0.173. The van der Waals surface area contributed by atoms with Crippen molar-refractivity contribution in [3.63, 3.8) is 0 Å². The molecule has 1 atom stereocenters. The van der Waals surface area contributed by atoms with Gasteiger partial charge >= 0.3 is 5.97 Å². The third-order valence-electron chi connectivity index (χ3n) is 2.14. The molecular formula is C10H16N4O3S. The molecule has 0 aliphatic carbocycles. The van der Waals surface area contributed by atoms with Crippen LogP contribution in [0.4, 0.5) is 0 Å². The van der Waals surface area contributed by atoms with E-state index in [4.69, 9.17) is 9.92 Å². The number of nitrogens with zero attached hydrogens (tertiary/aromatic N) is 1. The van der Waals surface area contributed by atoms with Gasteiger partial charge in [-0.05, 0) is 0 Å². The highest BCUT2D eigenvalue weighted by Gasteiger charge is 2.23. The lowest BCUT2D eigenvalue weighted by Crippen LogP contribution is -2.43. The summed E-state index contributed by atoms with van der Waals surface area (Å²) in [5.74, 6) is -0.775. The number of rotatable bonds is 7. The van der Waals surface area contributed by atoms with Gasteiger partial charge < -0.3 is 20.2 Å². The minimum Gasteiger partial charge on any atom is -0.390 e. The van der Waals surface area contributed by atoms with E-state index in [1.807, 2.05) is 0 Å². The lowest BCUT2D eigenvalue weighted by atomic mass is 10.1. The summed E-state index contributed by atoms with van der Waals surface area (Å²) < 4.78 is 4.83. The van der Waals surface area contributed by atoms with Gasteiger partial charge in [-0.25, -0.2) is 9.78 Å². The van der Waals surface area contributed by atoms with Crippen molar-refractivity contribution in [2.24, 2.45) is 5.73 Å². The Morgan fingerprint density at radius 3 is 3.00 bits per heavy atom. The highest BCUT2D eigenvalue weighted by atomic mass is 32.2. The summed E-state index contributed by atoms with van der Waals surface area (Å²) in [4.78, 5) is 29.9. The summed E-state index contributed by atoms with van der Waals surface area (Å²) in [6, 6.07) is -0.739. The van der Waals surface area contributed by atoms with Crippen molar-refractivity contribution in [2.75, 3.05) is 12.8 Å². The Balaban J connectivity index is 2.62. The summed E-state index contributed by atoms with van der Waals surface area (Å²) in [5, 5.41) is 2.59. The van der Waals surface area contributed by atoms with E-state index in [9.17, 15) is 9.59 Å². The Kier molecular flexibility index (Phi) is 6.23. The van der Waals surface area contributed by atoms with E-state index in [-0.39, 0.29) is 18.9 Å². The smallest absolute Gasteiger partial charge is 0.341 e. The first-order valence-electron chi connectivity index (χ1n) is 5.38. The topological polar surface area (TPSA) is 110 Å². The van der Waals surface area contributed by atoms with Crippen molar-refractivity contribution < 1.29 is 13.8 Å². The maximum absolute atomic E-state index is 11.7. The first kappa shape index (κ1) is 14.5. The molecule has 1 heterocycles. The van der Waals surface area contributed by atoms with E-state index in [2.05, 4.69) is 15.3 Å². The summed E-state index contributed by atoms with van der Waals surface area (Å²) >= 11 is 0.940. The van der Waals surface area contributed by atoms with Crippen LogP contribution in [0.2, 0.25) is 0 Å². The Labute approximate surface area is 109 Å². The molecule has 18 heavy (non-hydrogen) atoms. The highest BCUT2D eigenvalue weighted by molar-refractivity contribution is 7.94. The highest BCUT2D eigenvalue weighted by Crippen LogP contribution is 2.05. The van der Waals surface area contributed by atoms with Crippen LogP contribution in [-0.2, 0) is 20.2 Å². The molecule has 0 fully saturated rings. The number of carbonyl (C=O) groups is 2. The number of nitrogens with two attached hydrogens (primary N) is 1. The van der Waals surface area contributed by atoms with E-state index in [0.717, 1.165) is 17.7 Å². The van der Waals surface area contributed by atoms with Crippen LogP contribution < -0.4 is 11.1 Å². The fourth-order valence-electron chi connectivity index (χ4n) is 1.35. The Hall–Kier alpha value is -1.54. The predicted octanol–water partition coefficient (Wildman–Crippen LogP) is -0.393. The Bertz CT molecular complexity index is 382. The Morgan fingerprint density at radius 2 is 2.44 bits per heavy atom. The number of aromatic nitrogens is 2. The number of hydrogen-bond acceptors (Lipinski definition) is 6. The zero-order chi connectivity index (χ0) is 13.4. The van der Waals surface area contributed by atoms with Gasteiger partial charge in [0.05, 0.1) is 18.4 Å². The van der Waals surface area contributed by atoms with Crippen LogP contribution in [0.3, 0.4) is 0 Å². The van der Waals surface area contributed by atoms with E-state index in [1.165, 1.54) is 6.33 Å². The molecule has 0 radical (unpaired) electrons. The average Bonchev–Trinajstić information content (AvgIpc) is 2.81. The van der Waals surface area contributed by atoms with Gasteiger partial charge in [0.25, 0.3) is 0 Å². The van der Waals surface area contributed by atoms with Crippen LogP contribution in [0.15, 0.2) is 12.5 Å². The van der Waals surface area contributed by atoms with Crippen LogP contribution in [0.5, 0.6) is 0 Å². The van der Waals surface area contributed by atoms with E-state index < -0.39 is 12.0 Å². The van der Waals surface area contributed by atoms with Crippen molar-refractivity contribution in [3.8, 4) is 0 Å². The number of amides is 1. The number of hydrogen-bond donors (Lipinski definition) is 3. The molecule has 1 unspecified atom stereocenters. The fraction of sp³-hybridized carbons (Fsp3) is 0.500. The monoisotopic (exact) mass is 272 g/mol. The van der Waals surface area contributed by atoms with Crippen molar-refractivity contribution in [2.45, 2.75) is 18.9 Å². The predicted molar refractivity (Wildman–Crippen MR) is 67.5 cm³/mol. The molecule has 0 aromatic carbocycles. The maximum atomic E-state index is 11.7. The summed E-state index contributed by atoms with van der Waals surface area (Å²) in [6.45, 7) is 0.236. The maximum Gasteiger partial charge on any atom is 0.341 e. The molecule has 1 aromatic rings. The van der Waals surface area contributed by atoms with Gasteiger partial charge in [0, 0.05) is 37.5 Å². The van der Waals surface area contributed by atoms with Gasteiger partial charge in [0.2, 0.25) is 5.91 Å². The van der Waals surface area contributed by atoms with Crippen LogP contribution in [-0.4, -0.2) is 40.7 Å². The molecular weight excluding hydrogens is 256 g/mol. The van der Waals surface area contributed by atoms with Gasteiger partial charge in [0.15, 0.2) is 0 Å². The number of H-pyrrole nitrogens is 1. The van der Waals surface area contributed by atoms with Crippen molar-refractivity contribution >= 4 is 23.9 Å². The normalized spacial score (nSPS) is 11.9. The summed E-state index contributed by atoms with van der Waals surface area (Å²) in [6.07, 6.45) is 5.21. The molecule has 0 aliphatic heterocycles. The van der Waals surface area contributed by atoms with Gasteiger partial charge in [-0.2, -0.15) is 0 Å². The first-order chi connectivity index (χ1) is 8.67. The second kappa shape index (κ2) is 7.72. The molecule has 0 spiro atoms. The molecule has 8 heteroatoms. The van der Waals surface area contributed by atoms with Crippen LogP contribution in [0, 0.1) is 0 Å². The standard InChI is InChI=1S/C10H16N4O3S/c1-18-17-10(16)8(14-9(15)2-3-11)4-7-5-12-6-13-7/h5-6,8H,2-4,11H2,1H3,(H,12,13)(H,14,15). The molecule has 1 amide bonds. The fourth-order valence-corrected chi connectivity index (χ4v) is 1.63. The molecule has 7 nitrogen and oxygen atoms in total. The van der Waals surface area contributed by atoms with E-state index in [1.54, 1.807) is 12.5 Å². The van der Waals surface area contributed by atoms with E-state index >= 15 is 0 Å². The van der Waals surface area contributed by atoms with Gasteiger partial charge in [-0.1, -0.05) is 0 Å². The van der Waals surface area contributed by atoms with E-state index in [0.29, 0.717) is 6.42 Å². The third-order valence-corrected chi connectivity index (χ3v) is 2.47.